The molecule has 3 aliphatic rings. The van der Waals surface area contributed by atoms with Gasteiger partial charge in [-0.2, -0.15) is 0 Å². The minimum atomic E-state index is -1.39. The van der Waals surface area contributed by atoms with Crippen LogP contribution in [0.2, 0.25) is 0 Å². The van der Waals surface area contributed by atoms with E-state index in [0.29, 0.717) is 0 Å². The lowest BCUT2D eigenvalue weighted by molar-refractivity contribution is -0.134. The predicted molar refractivity (Wildman–Crippen MR) is 69.7 cm³/mol. The maximum Gasteiger partial charge on any atom is 0.254 e. The van der Waals surface area contributed by atoms with Gasteiger partial charge >= 0.3 is 0 Å². The van der Waals surface area contributed by atoms with E-state index in [1.54, 1.807) is 0 Å². The number of rotatable bonds is 2. The smallest absolute Gasteiger partial charge is 0.254 e. The van der Waals surface area contributed by atoms with E-state index in [0.717, 1.165) is 0 Å². The Morgan fingerprint density at radius 1 is 1.27 bits per heavy atom. The molecule has 2 amide bonds. The molecule has 22 heavy (non-hydrogen) atoms. The maximum atomic E-state index is 12.1. The van der Waals surface area contributed by atoms with Crippen LogP contribution < -0.4 is 10.6 Å². The number of carbonyl (C=O) groups is 2. The van der Waals surface area contributed by atoms with Crippen LogP contribution in [0.3, 0.4) is 0 Å². The van der Waals surface area contributed by atoms with Crippen molar-refractivity contribution in [2.75, 3.05) is 6.61 Å². The third kappa shape index (κ3) is 2.14. The number of aliphatic hydroxyl groups is 3. The SMILES string of the molecule is N=C1NC(=O)C2N=CN([C@H]3O[C@H](CO)[C@@H](O)[C@H]3O)C2C(=O)N1. The largest absolute Gasteiger partial charge is 0.394 e. The van der Waals surface area contributed by atoms with Crippen molar-refractivity contribution >= 4 is 24.1 Å². The Morgan fingerprint density at radius 3 is 2.59 bits per heavy atom. The van der Waals surface area contributed by atoms with E-state index in [2.05, 4.69) is 15.6 Å². The zero-order chi connectivity index (χ0) is 16.0. The fourth-order valence-corrected chi connectivity index (χ4v) is 2.73. The van der Waals surface area contributed by atoms with Crippen molar-refractivity contribution in [2.45, 2.75) is 36.6 Å². The summed E-state index contributed by atoms with van der Waals surface area (Å²) in [6, 6.07) is -2.21. The molecule has 11 nitrogen and oxygen atoms in total. The van der Waals surface area contributed by atoms with E-state index in [-0.39, 0.29) is 0 Å². The lowest BCUT2D eigenvalue weighted by Gasteiger charge is -2.30. The Balaban J connectivity index is 1.87. The zero-order valence-corrected chi connectivity index (χ0v) is 11.2. The number of amides is 2. The first-order valence-corrected chi connectivity index (χ1v) is 6.57. The maximum absolute atomic E-state index is 12.1. The van der Waals surface area contributed by atoms with E-state index in [9.17, 15) is 19.8 Å². The molecule has 0 aromatic heterocycles. The van der Waals surface area contributed by atoms with Crippen molar-refractivity contribution in [3.63, 3.8) is 0 Å². The minimum absolute atomic E-state index is 0.458. The van der Waals surface area contributed by atoms with Gasteiger partial charge in [0.25, 0.3) is 11.8 Å². The van der Waals surface area contributed by atoms with Crippen LogP contribution >= 0.6 is 0 Å². The van der Waals surface area contributed by atoms with Gasteiger partial charge in [-0.25, -0.2) is 0 Å². The second-order valence-corrected chi connectivity index (χ2v) is 5.18. The van der Waals surface area contributed by atoms with Crippen LogP contribution in [0, 0.1) is 5.41 Å². The van der Waals surface area contributed by atoms with Crippen molar-refractivity contribution in [1.82, 2.24) is 15.5 Å². The summed E-state index contributed by atoms with van der Waals surface area (Å²) in [5.41, 5.74) is 0. The molecular weight excluding hydrogens is 298 g/mol. The Morgan fingerprint density at radius 2 is 1.95 bits per heavy atom. The molecule has 6 N–H and O–H groups in total. The van der Waals surface area contributed by atoms with E-state index >= 15 is 0 Å². The van der Waals surface area contributed by atoms with Crippen LogP contribution in [0.25, 0.3) is 0 Å². The third-order valence-corrected chi connectivity index (χ3v) is 3.83. The Labute approximate surface area is 124 Å². The second-order valence-electron chi connectivity index (χ2n) is 5.18. The van der Waals surface area contributed by atoms with Crippen LogP contribution in [0.1, 0.15) is 0 Å². The molecule has 0 saturated carbocycles. The van der Waals surface area contributed by atoms with Gasteiger partial charge in [-0.05, 0) is 0 Å². The summed E-state index contributed by atoms with van der Waals surface area (Å²) in [4.78, 5) is 29.2. The van der Waals surface area contributed by atoms with E-state index < -0.39 is 61.0 Å². The fraction of sp³-hybridized carbons (Fsp3) is 0.636. The fourth-order valence-electron chi connectivity index (χ4n) is 2.73. The number of aliphatic imine (C=N–C) groups is 1. The summed E-state index contributed by atoms with van der Waals surface area (Å²) in [7, 11) is 0. The Hall–Kier alpha value is -2.08. The van der Waals surface area contributed by atoms with E-state index in [1.807, 2.05) is 0 Å². The molecule has 0 radical (unpaired) electrons. The first-order valence-electron chi connectivity index (χ1n) is 6.57. The van der Waals surface area contributed by atoms with Gasteiger partial charge in [0.2, 0.25) is 5.96 Å². The molecule has 120 valence electrons. The monoisotopic (exact) mass is 313 g/mol. The lowest BCUT2D eigenvalue weighted by Crippen LogP contribution is -2.55. The van der Waals surface area contributed by atoms with Gasteiger partial charge in [-0.15, -0.1) is 0 Å². The van der Waals surface area contributed by atoms with Crippen molar-refractivity contribution in [2.24, 2.45) is 4.99 Å². The van der Waals surface area contributed by atoms with E-state index in [1.165, 1.54) is 11.2 Å². The van der Waals surface area contributed by atoms with Crippen molar-refractivity contribution in [3.8, 4) is 0 Å². The molecule has 3 aliphatic heterocycles. The van der Waals surface area contributed by atoms with E-state index in [4.69, 9.17) is 15.3 Å². The topological polar surface area (TPSA) is 168 Å². The first kappa shape index (κ1) is 14.8. The van der Waals surface area contributed by atoms with Gasteiger partial charge in [-0.3, -0.25) is 30.6 Å². The summed E-state index contributed by atoms with van der Waals surface area (Å²) in [6.45, 7) is -0.509. The second kappa shape index (κ2) is 5.28. The molecule has 0 aromatic rings. The van der Waals surface area contributed by atoms with Crippen molar-refractivity contribution in [3.05, 3.63) is 0 Å². The van der Waals surface area contributed by atoms with Gasteiger partial charge in [0.05, 0.1) is 12.9 Å². The normalized spacial score (nSPS) is 41.2. The van der Waals surface area contributed by atoms with Crippen LogP contribution in [-0.2, 0) is 14.3 Å². The highest BCUT2D eigenvalue weighted by atomic mass is 16.6. The quantitative estimate of drug-likeness (QED) is 0.299. The predicted octanol–water partition coefficient (Wildman–Crippen LogP) is -4.31. The summed E-state index contributed by atoms with van der Waals surface area (Å²) in [5, 5.41) is 40.7. The van der Waals surface area contributed by atoms with Crippen molar-refractivity contribution in [1.29, 1.82) is 5.41 Å². The first-order chi connectivity index (χ1) is 10.4. The summed E-state index contributed by atoms with van der Waals surface area (Å²) < 4.78 is 5.34. The summed E-state index contributed by atoms with van der Waals surface area (Å²) >= 11 is 0. The molecule has 0 aliphatic carbocycles. The highest BCUT2D eigenvalue weighted by Crippen LogP contribution is 2.28. The number of fused-ring (bicyclic) bond motifs is 1. The minimum Gasteiger partial charge on any atom is -0.394 e. The Kier molecular flexibility index (Phi) is 3.56. The average molecular weight is 313 g/mol. The molecule has 3 rings (SSSR count). The molecular formula is C11H15N5O6. The Bertz CT molecular complexity index is 553. The van der Waals surface area contributed by atoms with Crippen LogP contribution in [-0.4, -0.2) is 87.6 Å². The molecule has 3 heterocycles. The van der Waals surface area contributed by atoms with Gasteiger partial charge in [0, 0.05) is 0 Å². The molecule has 0 spiro atoms. The van der Waals surface area contributed by atoms with Crippen LogP contribution in [0.15, 0.2) is 4.99 Å². The molecule has 6 atom stereocenters. The standard InChI is InChI=1S/C11H15N5O6/c12-11-14-8(20)4-5(9(21)15-11)16(2-13-4)10-7(19)6(18)3(1-17)22-10/h2-7,10,17-19H,1H2,(H3,12,14,15,20,21)/t3-,4?,5?,6-,7-,10+/m1/s1. The van der Waals surface area contributed by atoms with Gasteiger partial charge < -0.3 is 25.0 Å². The zero-order valence-electron chi connectivity index (χ0n) is 11.2. The number of ether oxygens (including phenoxy) is 1. The van der Waals surface area contributed by atoms with Crippen LogP contribution in [0.4, 0.5) is 0 Å². The average Bonchev–Trinajstić information content (AvgIpc) is 2.98. The summed E-state index contributed by atoms with van der Waals surface area (Å²) in [6.07, 6.45) is -3.68. The number of hydrogen-bond donors (Lipinski definition) is 6. The number of nitrogens with zero attached hydrogens (tertiary/aromatic N) is 2. The molecule has 2 fully saturated rings. The van der Waals surface area contributed by atoms with Gasteiger partial charge in [0.1, 0.15) is 24.4 Å². The molecule has 0 bridgehead atoms. The third-order valence-electron chi connectivity index (χ3n) is 3.83. The molecule has 0 aromatic carbocycles. The van der Waals surface area contributed by atoms with Gasteiger partial charge in [0.15, 0.2) is 12.3 Å². The number of aliphatic hydroxyl groups excluding tert-OH is 3. The highest BCUT2D eigenvalue weighted by Gasteiger charge is 2.52. The lowest BCUT2D eigenvalue weighted by atomic mass is 10.1. The number of nitrogens with one attached hydrogen (secondary N) is 3. The molecule has 2 unspecified atom stereocenters. The number of hydrogen-bond acceptors (Lipinski definition) is 9. The number of guanidine groups is 1. The molecule has 2 saturated heterocycles. The number of carbonyl (C=O) groups excluding carboxylic acids is 2. The highest BCUT2D eigenvalue weighted by molar-refractivity contribution is 6.12. The van der Waals surface area contributed by atoms with Crippen LogP contribution in [0.5, 0.6) is 0 Å². The summed E-state index contributed by atoms with van der Waals surface area (Å²) in [5.74, 6) is -1.76. The molecule has 11 heteroatoms. The van der Waals surface area contributed by atoms with Crippen molar-refractivity contribution < 1.29 is 29.6 Å². The van der Waals surface area contributed by atoms with Gasteiger partial charge in [-0.1, -0.05) is 0 Å².